The quantitative estimate of drug-likeness (QED) is 0.551. The van der Waals surface area contributed by atoms with Crippen molar-refractivity contribution < 1.29 is 23.4 Å². The van der Waals surface area contributed by atoms with Gasteiger partial charge in [0, 0.05) is 18.7 Å². The largest absolute Gasteiger partial charge is 0.596 e. The molecule has 1 fully saturated rings. The normalized spacial score (nSPS) is 27.5. The maximum atomic E-state index is 12.1. The molecular formula is C16H29BNO4+. The minimum absolute atomic E-state index is 0.206. The van der Waals surface area contributed by atoms with E-state index in [9.17, 15) is 4.79 Å². The Morgan fingerprint density at radius 3 is 2.18 bits per heavy atom. The summed E-state index contributed by atoms with van der Waals surface area (Å²) in [7, 11) is -0.206. The summed E-state index contributed by atoms with van der Waals surface area (Å²) in [6.45, 7) is 14.5. The van der Waals surface area contributed by atoms with E-state index in [1.165, 1.54) is 0 Å². The van der Waals surface area contributed by atoms with Crippen molar-refractivity contribution in [2.45, 2.75) is 83.9 Å². The van der Waals surface area contributed by atoms with E-state index in [4.69, 9.17) is 14.0 Å². The van der Waals surface area contributed by atoms with Crippen LogP contribution < -0.4 is 0 Å². The highest BCUT2D eigenvalue weighted by atomic mass is 16.7. The summed E-state index contributed by atoms with van der Waals surface area (Å²) < 4.78 is 19.3. The van der Waals surface area contributed by atoms with Crippen LogP contribution in [0.1, 0.15) is 61.3 Å². The molecule has 124 valence electrons. The van der Waals surface area contributed by atoms with Gasteiger partial charge in [0.15, 0.2) is 12.8 Å². The molecule has 0 radical (unpaired) electrons. The number of amides is 1. The van der Waals surface area contributed by atoms with Crippen molar-refractivity contribution in [2.75, 3.05) is 6.54 Å². The average Bonchev–Trinajstić information content (AvgIpc) is 2.56. The van der Waals surface area contributed by atoms with E-state index in [1.54, 1.807) is 4.58 Å². The molecule has 0 aromatic heterocycles. The summed E-state index contributed by atoms with van der Waals surface area (Å²) in [4.78, 5) is 12.1. The van der Waals surface area contributed by atoms with Gasteiger partial charge in [-0.25, -0.2) is 0 Å². The van der Waals surface area contributed by atoms with E-state index < -0.39 is 5.60 Å². The molecule has 0 N–H and O–H groups in total. The van der Waals surface area contributed by atoms with E-state index in [2.05, 4.69) is 27.7 Å². The molecular weight excluding hydrogens is 281 g/mol. The Morgan fingerprint density at radius 1 is 1.23 bits per heavy atom. The summed E-state index contributed by atoms with van der Waals surface area (Å²) in [6, 6.07) is 0. The molecule has 1 amide bonds. The topological polar surface area (TPSA) is 47.8 Å². The Balaban J connectivity index is 1.96. The van der Waals surface area contributed by atoms with E-state index in [0.29, 0.717) is 6.54 Å². The Bertz CT molecular complexity index is 463. The molecule has 0 spiro atoms. The van der Waals surface area contributed by atoms with Crippen LogP contribution in [0.2, 0.25) is 5.82 Å². The number of nitrogens with zero attached hydrogens (tertiary/aromatic N) is 1. The lowest BCUT2D eigenvalue weighted by molar-refractivity contribution is -0.452. The summed E-state index contributed by atoms with van der Waals surface area (Å²) in [5.74, 6) is 0.278. The predicted octanol–water partition coefficient (Wildman–Crippen LogP) is 3.26. The highest BCUT2D eigenvalue weighted by Crippen LogP contribution is 2.41. The number of carbonyl (C=O) groups is 1. The lowest BCUT2D eigenvalue weighted by atomic mass is 9.67. The molecule has 0 aromatic rings. The van der Waals surface area contributed by atoms with Crippen LogP contribution in [-0.2, 0) is 14.0 Å². The SMILES string of the molecule is CC(C)(C)OC(=O)[N+]1=CCC(B2OC(C)(C)C(C)(C)O2)CC1. The monoisotopic (exact) mass is 310 g/mol. The lowest BCUT2D eigenvalue weighted by Gasteiger charge is -2.32. The number of rotatable bonds is 1. The van der Waals surface area contributed by atoms with Crippen LogP contribution in [0.3, 0.4) is 0 Å². The summed E-state index contributed by atoms with van der Waals surface area (Å²) in [5, 5.41) is 0. The van der Waals surface area contributed by atoms with Gasteiger partial charge in [-0.3, -0.25) is 0 Å². The summed E-state index contributed by atoms with van der Waals surface area (Å²) >= 11 is 0. The fourth-order valence-corrected chi connectivity index (χ4v) is 2.59. The van der Waals surface area contributed by atoms with Gasteiger partial charge in [0.2, 0.25) is 0 Å². The summed E-state index contributed by atoms with van der Waals surface area (Å²) in [5.41, 5.74) is -1.08. The molecule has 2 aliphatic heterocycles. The Morgan fingerprint density at radius 2 is 1.77 bits per heavy atom. The molecule has 0 aromatic carbocycles. The second-order valence-electron chi connectivity index (χ2n) is 8.27. The zero-order chi connectivity index (χ0) is 16.8. The second kappa shape index (κ2) is 5.64. The smallest absolute Gasteiger partial charge is 0.406 e. The molecule has 0 bridgehead atoms. The third-order valence-electron chi connectivity index (χ3n) is 4.65. The third-order valence-corrected chi connectivity index (χ3v) is 4.65. The predicted molar refractivity (Wildman–Crippen MR) is 86.5 cm³/mol. The van der Waals surface area contributed by atoms with Crippen LogP contribution in [0, 0.1) is 0 Å². The van der Waals surface area contributed by atoms with Gasteiger partial charge in [-0.15, -0.1) is 4.58 Å². The highest BCUT2D eigenvalue weighted by molar-refractivity contribution is 6.47. The van der Waals surface area contributed by atoms with Gasteiger partial charge in [-0.05, 0) is 48.5 Å². The fraction of sp³-hybridized carbons (Fsp3) is 0.875. The first-order chi connectivity index (χ1) is 9.91. The van der Waals surface area contributed by atoms with Crippen molar-refractivity contribution in [3.05, 3.63) is 0 Å². The van der Waals surface area contributed by atoms with Gasteiger partial charge in [-0.2, -0.15) is 4.79 Å². The molecule has 1 atom stereocenters. The first-order valence-corrected chi connectivity index (χ1v) is 8.10. The van der Waals surface area contributed by atoms with Crippen molar-refractivity contribution >= 4 is 19.4 Å². The highest BCUT2D eigenvalue weighted by Gasteiger charge is 2.54. The van der Waals surface area contributed by atoms with Gasteiger partial charge in [0.25, 0.3) is 0 Å². The zero-order valence-corrected chi connectivity index (χ0v) is 14.9. The van der Waals surface area contributed by atoms with Crippen molar-refractivity contribution in [3.63, 3.8) is 0 Å². The second-order valence-corrected chi connectivity index (χ2v) is 8.27. The van der Waals surface area contributed by atoms with Gasteiger partial charge < -0.3 is 14.0 Å². The van der Waals surface area contributed by atoms with Gasteiger partial charge in [-0.1, -0.05) is 0 Å². The molecule has 0 saturated carbocycles. The average molecular weight is 310 g/mol. The molecule has 2 aliphatic rings. The minimum atomic E-state index is -0.465. The van der Waals surface area contributed by atoms with E-state index in [-0.39, 0.29) is 30.2 Å². The molecule has 22 heavy (non-hydrogen) atoms. The number of hydrogen-bond donors (Lipinski definition) is 0. The standard InChI is InChI=1S/C16H29BNO4/c1-14(2,3)20-13(19)18-10-8-12(9-11-18)17-21-15(4,5)16(6,7)22-17/h10,12H,8-9,11H2,1-7H3/q+1. The lowest BCUT2D eigenvalue weighted by Crippen LogP contribution is -2.41. The molecule has 1 unspecified atom stereocenters. The maximum Gasteiger partial charge on any atom is 0.596 e. The molecule has 2 heterocycles. The van der Waals surface area contributed by atoms with E-state index in [0.717, 1.165) is 12.8 Å². The molecule has 0 aliphatic carbocycles. The first kappa shape index (κ1) is 17.5. The molecule has 6 heteroatoms. The van der Waals surface area contributed by atoms with Crippen LogP contribution in [0.25, 0.3) is 0 Å². The van der Waals surface area contributed by atoms with Crippen LogP contribution in [-0.4, -0.2) is 47.3 Å². The van der Waals surface area contributed by atoms with E-state index in [1.807, 2.05) is 27.0 Å². The first-order valence-electron chi connectivity index (χ1n) is 8.10. The summed E-state index contributed by atoms with van der Waals surface area (Å²) in [6.07, 6.45) is 3.25. The third kappa shape index (κ3) is 3.71. The van der Waals surface area contributed by atoms with Crippen LogP contribution in [0.4, 0.5) is 4.79 Å². The molecule has 1 saturated heterocycles. The number of hydrogen-bond acceptors (Lipinski definition) is 4. The number of ether oxygens (including phenoxy) is 1. The van der Waals surface area contributed by atoms with Crippen LogP contribution in [0.5, 0.6) is 0 Å². The van der Waals surface area contributed by atoms with Gasteiger partial charge in [0.1, 0.15) is 5.60 Å². The maximum absolute atomic E-state index is 12.1. The number of carbonyl (C=O) groups excluding carboxylic acids is 1. The van der Waals surface area contributed by atoms with Crippen molar-refractivity contribution in [2.24, 2.45) is 0 Å². The zero-order valence-electron chi connectivity index (χ0n) is 14.9. The Hall–Kier alpha value is -0.875. The molecule has 2 rings (SSSR count). The Labute approximate surface area is 134 Å². The van der Waals surface area contributed by atoms with Crippen molar-refractivity contribution in [1.82, 2.24) is 0 Å². The van der Waals surface area contributed by atoms with Crippen LogP contribution >= 0.6 is 0 Å². The van der Waals surface area contributed by atoms with Gasteiger partial charge >= 0.3 is 13.2 Å². The molecule has 5 nitrogen and oxygen atoms in total. The van der Waals surface area contributed by atoms with Crippen molar-refractivity contribution in [3.8, 4) is 0 Å². The van der Waals surface area contributed by atoms with E-state index >= 15 is 0 Å². The van der Waals surface area contributed by atoms with Crippen molar-refractivity contribution in [1.29, 1.82) is 0 Å². The fourth-order valence-electron chi connectivity index (χ4n) is 2.59. The van der Waals surface area contributed by atoms with Crippen LogP contribution in [0.15, 0.2) is 0 Å². The van der Waals surface area contributed by atoms with Gasteiger partial charge in [0.05, 0.1) is 11.2 Å². The minimum Gasteiger partial charge on any atom is -0.406 e. The Kier molecular flexibility index (Phi) is 4.48.